The third-order valence-electron chi connectivity index (χ3n) is 3.91. The lowest BCUT2D eigenvalue weighted by Gasteiger charge is -2.19. The number of hydrogen-bond donors (Lipinski definition) is 1. The standard InChI is InChI=1S/C19H24N2O4S/c1-15-7-9-17(10-8-15)20-19(22)14-21(26(3,23)24)12-11-16-5-4-6-18(13-16)25-2/h4-10,13H,11-12,14H2,1-3H3,(H,20,22). The van der Waals surface area contributed by atoms with Crippen molar-refractivity contribution in [3.05, 3.63) is 59.7 Å². The first-order valence-electron chi connectivity index (χ1n) is 8.22. The summed E-state index contributed by atoms with van der Waals surface area (Å²) < 4.78 is 30.4. The molecule has 7 heteroatoms. The molecule has 0 spiro atoms. The van der Waals surface area contributed by atoms with Gasteiger partial charge in [0.05, 0.1) is 19.9 Å². The highest BCUT2D eigenvalue weighted by atomic mass is 32.2. The lowest BCUT2D eigenvalue weighted by molar-refractivity contribution is -0.116. The number of sulfonamides is 1. The van der Waals surface area contributed by atoms with Crippen molar-refractivity contribution in [1.82, 2.24) is 4.31 Å². The van der Waals surface area contributed by atoms with Gasteiger partial charge in [0.15, 0.2) is 0 Å². The molecule has 140 valence electrons. The van der Waals surface area contributed by atoms with E-state index < -0.39 is 10.0 Å². The van der Waals surface area contributed by atoms with E-state index in [0.717, 1.165) is 17.4 Å². The summed E-state index contributed by atoms with van der Waals surface area (Å²) in [4.78, 5) is 12.2. The molecule has 0 radical (unpaired) electrons. The van der Waals surface area contributed by atoms with Crippen LogP contribution < -0.4 is 10.1 Å². The molecule has 0 bridgehead atoms. The number of ether oxygens (including phenoxy) is 1. The molecule has 0 aromatic heterocycles. The minimum Gasteiger partial charge on any atom is -0.497 e. The molecule has 0 unspecified atom stereocenters. The SMILES string of the molecule is COc1cccc(CCN(CC(=O)Nc2ccc(C)cc2)S(C)(=O)=O)c1. The first-order chi connectivity index (χ1) is 12.3. The molecule has 0 heterocycles. The Bertz CT molecular complexity index is 848. The Morgan fingerprint density at radius 3 is 2.46 bits per heavy atom. The van der Waals surface area contributed by atoms with Crippen molar-refractivity contribution in [2.75, 3.05) is 31.8 Å². The third-order valence-corrected chi connectivity index (χ3v) is 5.16. The van der Waals surface area contributed by atoms with Crippen molar-refractivity contribution in [2.24, 2.45) is 0 Å². The van der Waals surface area contributed by atoms with Gasteiger partial charge < -0.3 is 10.1 Å². The van der Waals surface area contributed by atoms with Crippen LogP contribution in [-0.2, 0) is 21.2 Å². The number of carbonyl (C=O) groups excluding carboxylic acids is 1. The maximum atomic E-state index is 12.2. The second-order valence-electron chi connectivity index (χ2n) is 6.11. The number of benzene rings is 2. The topological polar surface area (TPSA) is 75.7 Å². The minimum absolute atomic E-state index is 0.216. The van der Waals surface area contributed by atoms with Crippen LogP contribution in [0.15, 0.2) is 48.5 Å². The smallest absolute Gasteiger partial charge is 0.239 e. The fourth-order valence-corrected chi connectivity index (χ4v) is 3.22. The summed E-state index contributed by atoms with van der Waals surface area (Å²) in [5.41, 5.74) is 2.66. The third kappa shape index (κ3) is 6.16. The fourth-order valence-electron chi connectivity index (χ4n) is 2.44. The molecule has 0 aliphatic heterocycles. The zero-order valence-electron chi connectivity index (χ0n) is 15.2. The maximum Gasteiger partial charge on any atom is 0.239 e. The summed E-state index contributed by atoms with van der Waals surface area (Å²) in [6.07, 6.45) is 1.60. The average Bonchev–Trinajstić information content (AvgIpc) is 2.59. The lowest BCUT2D eigenvalue weighted by Crippen LogP contribution is -2.38. The zero-order valence-corrected chi connectivity index (χ0v) is 16.0. The molecule has 2 aromatic carbocycles. The highest BCUT2D eigenvalue weighted by Crippen LogP contribution is 2.14. The number of anilines is 1. The molecule has 6 nitrogen and oxygen atoms in total. The van der Waals surface area contributed by atoms with Gasteiger partial charge >= 0.3 is 0 Å². The van der Waals surface area contributed by atoms with E-state index in [1.807, 2.05) is 43.3 Å². The van der Waals surface area contributed by atoms with E-state index in [9.17, 15) is 13.2 Å². The molecular formula is C19H24N2O4S. The summed E-state index contributed by atoms with van der Waals surface area (Å²) in [6.45, 7) is 1.94. The predicted molar refractivity (Wildman–Crippen MR) is 103 cm³/mol. The fraction of sp³-hybridized carbons (Fsp3) is 0.316. The number of carbonyl (C=O) groups is 1. The van der Waals surface area contributed by atoms with E-state index in [1.165, 1.54) is 4.31 Å². The Balaban J connectivity index is 2.00. The van der Waals surface area contributed by atoms with E-state index >= 15 is 0 Å². The van der Waals surface area contributed by atoms with Crippen LogP contribution in [0.3, 0.4) is 0 Å². The molecule has 1 amide bonds. The molecule has 0 aliphatic rings. The molecule has 0 fully saturated rings. The van der Waals surface area contributed by atoms with Crippen molar-refractivity contribution < 1.29 is 17.9 Å². The van der Waals surface area contributed by atoms with Crippen LogP contribution in [-0.4, -0.2) is 45.1 Å². The normalized spacial score (nSPS) is 11.4. The Labute approximate surface area is 154 Å². The number of methoxy groups -OCH3 is 1. The minimum atomic E-state index is -3.50. The van der Waals surface area contributed by atoms with Crippen molar-refractivity contribution >= 4 is 21.6 Å². The molecule has 1 N–H and O–H groups in total. The summed E-state index contributed by atoms with van der Waals surface area (Å²) >= 11 is 0. The second-order valence-corrected chi connectivity index (χ2v) is 8.09. The van der Waals surface area contributed by atoms with Crippen LogP contribution in [0.2, 0.25) is 0 Å². The van der Waals surface area contributed by atoms with Gasteiger partial charge in [-0.25, -0.2) is 8.42 Å². The molecule has 0 aliphatic carbocycles. The molecule has 26 heavy (non-hydrogen) atoms. The van der Waals surface area contributed by atoms with Crippen LogP contribution >= 0.6 is 0 Å². The highest BCUT2D eigenvalue weighted by molar-refractivity contribution is 7.88. The molecular weight excluding hydrogens is 352 g/mol. The number of rotatable bonds is 8. The maximum absolute atomic E-state index is 12.2. The van der Waals surface area contributed by atoms with Gasteiger partial charge in [0.1, 0.15) is 5.75 Å². The van der Waals surface area contributed by atoms with Gasteiger partial charge in [-0.2, -0.15) is 4.31 Å². The summed E-state index contributed by atoms with van der Waals surface area (Å²) in [7, 11) is -1.92. The Morgan fingerprint density at radius 2 is 1.85 bits per heavy atom. The van der Waals surface area contributed by atoms with E-state index in [-0.39, 0.29) is 19.0 Å². The van der Waals surface area contributed by atoms with Crippen molar-refractivity contribution in [3.8, 4) is 5.75 Å². The van der Waals surface area contributed by atoms with E-state index in [1.54, 1.807) is 19.2 Å². The molecule has 2 rings (SSSR count). The Morgan fingerprint density at radius 1 is 1.15 bits per heavy atom. The zero-order chi connectivity index (χ0) is 19.2. The van der Waals surface area contributed by atoms with Crippen LogP contribution in [0.25, 0.3) is 0 Å². The van der Waals surface area contributed by atoms with Gasteiger partial charge in [-0.05, 0) is 43.2 Å². The number of nitrogens with one attached hydrogen (secondary N) is 1. The first-order valence-corrected chi connectivity index (χ1v) is 10.1. The van der Waals surface area contributed by atoms with E-state index in [4.69, 9.17) is 4.74 Å². The Hall–Kier alpha value is -2.38. The largest absolute Gasteiger partial charge is 0.497 e. The van der Waals surface area contributed by atoms with Gasteiger partial charge in [0.25, 0.3) is 0 Å². The average molecular weight is 376 g/mol. The van der Waals surface area contributed by atoms with E-state index in [2.05, 4.69) is 5.32 Å². The van der Waals surface area contributed by atoms with Crippen LogP contribution in [0, 0.1) is 6.92 Å². The van der Waals surface area contributed by atoms with Gasteiger partial charge in [-0.3, -0.25) is 4.79 Å². The predicted octanol–water partition coefficient (Wildman–Crippen LogP) is 2.45. The monoisotopic (exact) mass is 376 g/mol. The quantitative estimate of drug-likeness (QED) is 0.768. The van der Waals surface area contributed by atoms with Gasteiger partial charge in [-0.1, -0.05) is 29.8 Å². The number of aryl methyl sites for hydroxylation is 1. The van der Waals surface area contributed by atoms with Crippen LogP contribution in [0.1, 0.15) is 11.1 Å². The number of hydrogen-bond acceptors (Lipinski definition) is 4. The van der Waals surface area contributed by atoms with Crippen molar-refractivity contribution in [1.29, 1.82) is 0 Å². The molecule has 0 saturated heterocycles. The summed E-state index contributed by atoms with van der Waals surface area (Å²) in [6, 6.07) is 14.8. The van der Waals surface area contributed by atoms with E-state index in [0.29, 0.717) is 17.9 Å². The van der Waals surface area contributed by atoms with Gasteiger partial charge in [-0.15, -0.1) is 0 Å². The molecule has 0 atom stereocenters. The lowest BCUT2D eigenvalue weighted by atomic mass is 10.1. The van der Waals surface area contributed by atoms with Crippen LogP contribution in [0.4, 0.5) is 5.69 Å². The van der Waals surface area contributed by atoms with Crippen molar-refractivity contribution in [2.45, 2.75) is 13.3 Å². The van der Waals surface area contributed by atoms with Crippen LogP contribution in [0.5, 0.6) is 5.75 Å². The van der Waals surface area contributed by atoms with Gasteiger partial charge in [0.2, 0.25) is 15.9 Å². The van der Waals surface area contributed by atoms with Crippen molar-refractivity contribution in [3.63, 3.8) is 0 Å². The molecule has 2 aromatic rings. The summed E-state index contributed by atoms with van der Waals surface area (Å²) in [5.74, 6) is 0.343. The number of amides is 1. The first kappa shape index (κ1) is 19.9. The molecule has 0 saturated carbocycles. The number of nitrogens with zero attached hydrogens (tertiary/aromatic N) is 1. The second kappa shape index (κ2) is 8.82. The van der Waals surface area contributed by atoms with Gasteiger partial charge in [0, 0.05) is 12.2 Å². The Kier molecular flexibility index (Phi) is 6.76. The summed E-state index contributed by atoms with van der Waals surface area (Å²) in [5, 5.41) is 2.72. The highest BCUT2D eigenvalue weighted by Gasteiger charge is 2.20.